The smallest absolute Gasteiger partial charge is 0.220 e. The van der Waals surface area contributed by atoms with Crippen LogP contribution >= 0.6 is 0 Å². The maximum atomic E-state index is 12.1. The highest BCUT2D eigenvalue weighted by Crippen LogP contribution is 2.68. The molecule has 0 saturated heterocycles. The first kappa shape index (κ1) is 21.7. The van der Waals surface area contributed by atoms with Crippen molar-refractivity contribution in [2.24, 2.45) is 52.1 Å². The second-order valence-corrected chi connectivity index (χ2v) is 11.8. The Bertz CT molecular complexity index is 591. The maximum absolute atomic E-state index is 12.1. The highest BCUT2D eigenvalue weighted by molar-refractivity contribution is 5.75. The van der Waals surface area contributed by atoms with Crippen molar-refractivity contribution in [1.29, 1.82) is 0 Å². The summed E-state index contributed by atoms with van der Waals surface area (Å²) in [5, 5.41) is 2.95. The van der Waals surface area contributed by atoms with E-state index in [0.29, 0.717) is 36.3 Å². The van der Waals surface area contributed by atoms with E-state index < -0.39 is 0 Å². The molecule has 0 aromatic heterocycles. The molecule has 0 aromatic rings. The highest BCUT2D eigenvalue weighted by atomic mass is 16.1. The summed E-state index contributed by atoms with van der Waals surface area (Å²) >= 11 is 0. The van der Waals surface area contributed by atoms with Crippen LogP contribution in [0.2, 0.25) is 0 Å². The van der Waals surface area contributed by atoms with Crippen LogP contribution in [0.15, 0.2) is 0 Å². The van der Waals surface area contributed by atoms with Gasteiger partial charge in [-0.05, 0) is 104 Å². The fourth-order valence-corrected chi connectivity index (χ4v) is 9.13. The molecule has 4 aliphatic carbocycles. The molecule has 8 atom stereocenters. The number of fused-ring (bicyclic) bond motifs is 5. The second kappa shape index (κ2) is 8.52. The zero-order chi connectivity index (χ0) is 20.6. The summed E-state index contributed by atoms with van der Waals surface area (Å²) in [5.74, 6) is 5.60. The van der Waals surface area contributed by atoms with Crippen LogP contribution in [-0.4, -0.2) is 19.0 Å². The molecule has 0 heterocycles. The summed E-state index contributed by atoms with van der Waals surface area (Å²) < 4.78 is 0. The number of carbonyl (C=O) groups is 1. The standard InChI is InChI=1S/C26H46N2O/c1-18(7-12-24(29)28-17-16-27)21-10-11-22-20-9-8-19-6-4-5-14-25(19,2)23(20)13-15-26(21,22)3/h18-23H,4-17,27H2,1-3H3,(H,28,29)/t18-,19?,20+,21-,22+,23+,25+,26-/m1/s1. The lowest BCUT2D eigenvalue weighted by Crippen LogP contribution is -2.53. The van der Waals surface area contributed by atoms with Crippen LogP contribution in [-0.2, 0) is 4.79 Å². The molecule has 3 heteroatoms. The SMILES string of the molecule is C[C@H](CCC(=O)NCCN)[C@H]1CC[C@H]2[C@@H]3CCC4CCCC[C@]4(C)[C@H]3CC[C@]12C. The molecule has 0 bridgehead atoms. The van der Waals surface area contributed by atoms with E-state index in [4.69, 9.17) is 5.73 Å². The van der Waals surface area contributed by atoms with Gasteiger partial charge in [0, 0.05) is 19.5 Å². The number of amides is 1. The fourth-order valence-electron chi connectivity index (χ4n) is 9.13. The molecule has 4 saturated carbocycles. The molecular weight excluding hydrogens is 356 g/mol. The van der Waals surface area contributed by atoms with Crippen molar-refractivity contribution in [3.8, 4) is 0 Å². The van der Waals surface area contributed by atoms with E-state index in [1.165, 1.54) is 64.2 Å². The Kier molecular flexibility index (Phi) is 6.36. The van der Waals surface area contributed by atoms with Crippen LogP contribution < -0.4 is 11.1 Å². The Balaban J connectivity index is 1.42. The molecule has 166 valence electrons. The van der Waals surface area contributed by atoms with E-state index in [2.05, 4.69) is 26.1 Å². The van der Waals surface area contributed by atoms with Crippen molar-refractivity contribution >= 4 is 5.91 Å². The monoisotopic (exact) mass is 402 g/mol. The van der Waals surface area contributed by atoms with Crippen LogP contribution in [0.3, 0.4) is 0 Å². The van der Waals surface area contributed by atoms with E-state index in [0.717, 1.165) is 36.0 Å². The lowest BCUT2D eigenvalue weighted by molar-refractivity contribution is -0.122. The predicted octanol–water partition coefficient (Wildman–Crippen LogP) is 5.53. The normalized spacial score (nSPS) is 45.0. The number of hydrogen-bond acceptors (Lipinski definition) is 2. The van der Waals surface area contributed by atoms with Gasteiger partial charge in [0.1, 0.15) is 0 Å². The number of nitrogens with two attached hydrogens (primary N) is 1. The van der Waals surface area contributed by atoms with Crippen molar-refractivity contribution in [3.63, 3.8) is 0 Å². The first-order valence-corrected chi connectivity index (χ1v) is 12.9. The molecule has 3 nitrogen and oxygen atoms in total. The van der Waals surface area contributed by atoms with Crippen molar-refractivity contribution in [3.05, 3.63) is 0 Å². The third kappa shape index (κ3) is 3.79. The Morgan fingerprint density at radius 2 is 1.79 bits per heavy atom. The van der Waals surface area contributed by atoms with Gasteiger partial charge in [-0.1, -0.05) is 33.6 Å². The fraction of sp³-hybridized carbons (Fsp3) is 0.962. The zero-order valence-electron chi connectivity index (χ0n) is 19.3. The van der Waals surface area contributed by atoms with Crippen LogP contribution in [0.25, 0.3) is 0 Å². The van der Waals surface area contributed by atoms with Gasteiger partial charge in [0.2, 0.25) is 5.91 Å². The lowest BCUT2D eigenvalue weighted by Gasteiger charge is -2.61. The summed E-state index contributed by atoms with van der Waals surface area (Å²) in [7, 11) is 0. The molecule has 4 aliphatic rings. The third-order valence-electron chi connectivity index (χ3n) is 10.6. The summed E-state index contributed by atoms with van der Waals surface area (Å²) in [6.07, 6.45) is 16.5. The van der Waals surface area contributed by atoms with Gasteiger partial charge in [-0.25, -0.2) is 0 Å². The highest BCUT2D eigenvalue weighted by Gasteiger charge is 2.60. The summed E-state index contributed by atoms with van der Waals surface area (Å²) in [6, 6.07) is 0. The Morgan fingerprint density at radius 1 is 1.00 bits per heavy atom. The Labute approximate surface area is 179 Å². The average molecular weight is 403 g/mol. The quantitative estimate of drug-likeness (QED) is 0.614. The molecule has 3 N–H and O–H groups in total. The van der Waals surface area contributed by atoms with Gasteiger partial charge >= 0.3 is 0 Å². The maximum Gasteiger partial charge on any atom is 0.220 e. The molecule has 0 aromatic carbocycles. The van der Waals surface area contributed by atoms with Crippen LogP contribution in [0, 0.1) is 46.3 Å². The molecule has 0 aliphatic heterocycles. The minimum Gasteiger partial charge on any atom is -0.355 e. The molecule has 0 spiro atoms. The third-order valence-corrected chi connectivity index (χ3v) is 10.6. The van der Waals surface area contributed by atoms with Gasteiger partial charge in [-0.3, -0.25) is 4.79 Å². The Hall–Kier alpha value is -0.570. The lowest BCUT2D eigenvalue weighted by atomic mass is 9.44. The van der Waals surface area contributed by atoms with Gasteiger partial charge in [-0.2, -0.15) is 0 Å². The average Bonchev–Trinajstić information content (AvgIpc) is 3.07. The first-order valence-electron chi connectivity index (χ1n) is 12.9. The van der Waals surface area contributed by atoms with Gasteiger partial charge in [-0.15, -0.1) is 0 Å². The van der Waals surface area contributed by atoms with Crippen molar-refractivity contribution in [1.82, 2.24) is 5.32 Å². The van der Waals surface area contributed by atoms with Gasteiger partial charge in [0.15, 0.2) is 0 Å². The van der Waals surface area contributed by atoms with E-state index in [-0.39, 0.29) is 5.91 Å². The minimum atomic E-state index is 0.189. The van der Waals surface area contributed by atoms with Crippen LogP contribution in [0.5, 0.6) is 0 Å². The topological polar surface area (TPSA) is 55.1 Å². The molecule has 1 amide bonds. The van der Waals surface area contributed by atoms with Gasteiger partial charge < -0.3 is 11.1 Å². The van der Waals surface area contributed by atoms with E-state index in [1.54, 1.807) is 0 Å². The van der Waals surface area contributed by atoms with Gasteiger partial charge in [0.25, 0.3) is 0 Å². The summed E-state index contributed by atoms with van der Waals surface area (Å²) in [4.78, 5) is 12.1. The molecule has 4 rings (SSSR count). The van der Waals surface area contributed by atoms with E-state index in [1.807, 2.05) is 0 Å². The predicted molar refractivity (Wildman–Crippen MR) is 120 cm³/mol. The molecule has 29 heavy (non-hydrogen) atoms. The van der Waals surface area contributed by atoms with Crippen molar-refractivity contribution < 1.29 is 4.79 Å². The summed E-state index contributed by atoms with van der Waals surface area (Å²) in [6.45, 7) is 8.91. The summed E-state index contributed by atoms with van der Waals surface area (Å²) in [5.41, 5.74) is 6.68. The van der Waals surface area contributed by atoms with Gasteiger partial charge in [0.05, 0.1) is 0 Å². The van der Waals surface area contributed by atoms with Crippen LogP contribution in [0.1, 0.15) is 97.8 Å². The first-order chi connectivity index (χ1) is 13.9. The number of hydrogen-bond donors (Lipinski definition) is 2. The van der Waals surface area contributed by atoms with E-state index in [9.17, 15) is 4.79 Å². The Morgan fingerprint density at radius 3 is 2.59 bits per heavy atom. The molecule has 4 fully saturated rings. The van der Waals surface area contributed by atoms with Crippen molar-refractivity contribution in [2.45, 2.75) is 97.8 Å². The molecule has 1 unspecified atom stereocenters. The number of nitrogens with one attached hydrogen (secondary N) is 1. The molecular formula is C26H46N2O. The second-order valence-electron chi connectivity index (χ2n) is 11.8. The van der Waals surface area contributed by atoms with E-state index >= 15 is 0 Å². The van der Waals surface area contributed by atoms with Crippen LogP contribution in [0.4, 0.5) is 0 Å². The zero-order valence-corrected chi connectivity index (χ0v) is 19.3. The largest absolute Gasteiger partial charge is 0.355 e. The minimum absolute atomic E-state index is 0.189. The molecule has 0 radical (unpaired) electrons. The number of carbonyl (C=O) groups excluding carboxylic acids is 1. The van der Waals surface area contributed by atoms with Crippen molar-refractivity contribution in [2.75, 3.05) is 13.1 Å². The number of rotatable bonds is 6.